The third-order valence-electron chi connectivity index (χ3n) is 4.54. The van der Waals surface area contributed by atoms with Gasteiger partial charge in [-0.15, -0.1) is 5.10 Å². The van der Waals surface area contributed by atoms with Crippen LogP contribution in [0.4, 0.5) is 0 Å². The monoisotopic (exact) mass is 310 g/mol. The van der Waals surface area contributed by atoms with E-state index in [4.69, 9.17) is 0 Å². The lowest BCUT2D eigenvalue weighted by molar-refractivity contribution is 0.545. The number of hydrogen-bond acceptors (Lipinski definition) is 3. The van der Waals surface area contributed by atoms with E-state index in [0.717, 1.165) is 24.1 Å². The van der Waals surface area contributed by atoms with E-state index >= 15 is 0 Å². The summed E-state index contributed by atoms with van der Waals surface area (Å²) in [6.45, 7) is 4.64. The molecule has 2 heterocycles. The van der Waals surface area contributed by atoms with Crippen molar-refractivity contribution in [2.75, 3.05) is 0 Å². The van der Waals surface area contributed by atoms with Crippen molar-refractivity contribution in [1.29, 1.82) is 0 Å². The summed E-state index contributed by atoms with van der Waals surface area (Å²) in [4.78, 5) is 25.0. The molecule has 0 amide bonds. The van der Waals surface area contributed by atoms with Crippen LogP contribution in [0, 0.1) is 19.8 Å². The minimum Gasteiger partial charge on any atom is -0.280 e. The molecule has 6 nitrogen and oxygen atoms in total. The van der Waals surface area contributed by atoms with E-state index in [2.05, 4.69) is 5.10 Å². The standard InChI is InChI=1S/C17H18N4O2/c1-11-3-6-14(9-12(11)2)19-7-8-20-15(16(19)22)18-21(17(20)23)10-13-4-5-13/h3,6-9,13H,4-5,10H2,1-2H3. The first-order valence-electron chi connectivity index (χ1n) is 7.83. The predicted molar refractivity (Wildman–Crippen MR) is 87.2 cm³/mol. The first-order valence-corrected chi connectivity index (χ1v) is 7.83. The lowest BCUT2D eigenvalue weighted by Crippen LogP contribution is -2.24. The fourth-order valence-corrected chi connectivity index (χ4v) is 2.75. The van der Waals surface area contributed by atoms with E-state index in [-0.39, 0.29) is 16.9 Å². The van der Waals surface area contributed by atoms with Gasteiger partial charge >= 0.3 is 11.2 Å². The van der Waals surface area contributed by atoms with Crippen LogP contribution in [-0.4, -0.2) is 18.7 Å². The minimum absolute atomic E-state index is 0.177. The number of nitrogens with zero attached hydrogens (tertiary/aromatic N) is 4. The molecule has 1 fully saturated rings. The molecular weight excluding hydrogens is 292 g/mol. The molecule has 0 unspecified atom stereocenters. The lowest BCUT2D eigenvalue weighted by atomic mass is 10.1. The lowest BCUT2D eigenvalue weighted by Gasteiger charge is -2.08. The Morgan fingerprint density at radius 3 is 2.61 bits per heavy atom. The van der Waals surface area contributed by atoms with Gasteiger partial charge < -0.3 is 0 Å². The maximum absolute atomic E-state index is 12.7. The average Bonchev–Trinajstić information content (AvgIpc) is 3.29. The number of benzene rings is 1. The molecule has 118 valence electrons. The summed E-state index contributed by atoms with van der Waals surface area (Å²) in [6.07, 6.45) is 5.51. The van der Waals surface area contributed by atoms with Gasteiger partial charge in [0.2, 0.25) is 5.65 Å². The fourth-order valence-electron chi connectivity index (χ4n) is 2.75. The number of aromatic nitrogens is 4. The average molecular weight is 310 g/mol. The molecule has 0 radical (unpaired) electrons. The Hall–Kier alpha value is -2.63. The number of aryl methyl sites for hydroxylation is 2. The van der Waals surface area contributed by atoms with Crippen LogP contribution in [0.5, 0.6) is 0 Å². The zero-order valence-corrected chi connectivity index (χ0v) is 13.2. The number of hydrogen-bond donors (Lipinski definition) is 0. The predicted octanol–water partition coefficient (Wildman–Crippen LogP) is 1.67. The Morgan fingerprint density at radius 2 is 1.91 bits per heavy atom. The summed E-state index contributed by atoms with van der Waals surface area (Å²) in [7, 11) is 0. The van der Waals surface area contributed by atoms with E-state index in [0.29, 0.717) is 12.5 Å². The molecule has 0 N–H and O–H groups in total. The zero-order valence-electron chi connectivity index (χ0n) is 13.2. The van der Waals surface area contributed by atoms with Crippen LogP contribution >= 0.6 is 0 Å². The Morgan fingerprint density at radius 1 is 1.13 bits per heavy atom. The first kappa shape index (κ1) is 14.0. The molecule has 1 aliphatic carbocycles. The van der Waals surface area contributed by atoms with E-state index in [1.165, 1.54) is 19.2 Å². The second-order valence-corrected chi connectivity index (χ2v) is 6.34. The highest BCUT2D eigenvalue weighted by atomic mass is 16.2. The van der Waals surface area contributed by atoms with Gasteiger partial charge in [0.15, 0.2) is 0 Å². The Labute approximate surface area is 132 Å². The molecule has 2 aromatic heterocycles. The smallest absolute Gasteiger partial charge is 0.280 e. The quantitative estimate of drug-likeness (QED) is 0.739. The molecule has 6 heteroatoms. The summed E-state index contributed by atoms with van der Waals surface area (Å²) in [5.74, 6) is 0.527. The molecule has 1 saturated carbocycles. The summed E-state index contributed by atoms with van der Waals surface area (Å²) >= 11 is 0. The third-order valence-corrected chi connectivity index (χ3v) is 4.54. The molecule has 0 spiro atoms. The highest BCUT2D eigenvalue weighted by Crippen LogP contribution is 2.29. The SMILES string of the molecule is Cc1ccc(-n2ccn3c(=O)n(CC4CC4)nc3c2=O)cc1C. The van der Waals surface area contributed by atoms with Crippen molar-refractivity contribution < 1.29 is 0 Å². The van der Waals surface area contributed by atoms with Crippen LogP contribution in [0.1, 0.15) is 24.0 Å². The van der Waals surface area contributed by atoms with Crippen molar-refractivity contribution in [3.63, 3.8) is 0 Å². The molecule has 0 aliphatic heterocycles. The highest BCUT2D eigenvalue weighted by Gasteiger charge is 2.24. The molecule has 0 bridgehead atoms. The molecular formula is C17H18N4O2. The fraction of sp³-hybridized carbons (Fsp3) is 0.353. The first-order chi connectivity index (χ1) is 11.0. The van der Waals surface area contributed by atoms with Crippen molar-refractivity contribution in [2.45, 2.75) is 33.2 Å². The topological polar surface area (TPSA) is 61.3 Å². The van der Waals surface area contributed by atoms with Crippen molar-refractivity contribution in [1.82, 2.24) is 18.7 Å². The minimum atomic E-state index is -0.276. The number of rotatable bonds is 3. The molecule has 0 atom stereocenters. The van der Waals surface area contributed by atoms with Crippen molar-refractivity contribution >= 4 is 5.65 Å². The maximum Gasteiger partial charge on any atom is 0.350 e. The van der Waals surface area contributed by atoms with Gasteiger partial charge in [0.05, 0.1) is 0 Å². The van der Waals surface area contributed by atoms with Crippen LogP contribution in [0.15, 0.2) is 40.2 Å². The second kappa shape index (κ2) is 4.94. The van der Waals surface area contributed by atoms with Gasteiger partial charge in [-0.3, -0.25) is 9.36 Å². The van der Waals surface area contributed by atoms with Gasteiger partial charge in [0, 0.05) is 24.6 Å². The molecule has 23 heavy (non-hydrogen) atoms. The zero-order chi connectivity index (χ0) is 16.1. The van der Waals surface area contributed by atoms with E-state index in [9.17, 15) is 9.59 Å². The van der Waals surface area contributed by atoms with E-state index in [1.807, 2.05) is 32.0 Å². The van der Waals surface area contributed by atoms with Crippen molar-refractivity contribution in [3.05, 3.63) is 62.6 Å². The molecule has 1 aromatic carbocycles. The van der Waals surface area contributed by atoms with Gasteiger partial charge in [-0.1, -0.05) is 6.07 Å². The van der Waals surface area contributed by atoms with Gasteiger partial charge in [0.25, 0.3) is 0 Å². The highest BCUT2D eigenvalue weighted by molar-refractivity contribution is 5.43. The maximum atomic E-state index is 12.7. The van der Waals surface area contributed by atoms with Crippen LogP contribution in [0.3, 0.4) is 0 Å². The Bertz CT molecular complexity index is 1020. The normalized spacial score (nSPS) is 14.5. The summed E-state index contributed by atoms with van der Waals surface area (Å²) in [6, 6.07) is 5.85. The summed E-state index contributed by atoms with van der Waals surface area (Å²) in [5, 5.41) is 4.25. The van der Waals surface area contributed by atoms with Crippen LogP contribution in [0.25, 0.3) is 11.3 Å². The van der Waals surface area contributed by atoms with Gasteiger partial charge in [-0.2, -0.15) is 0 Å². The molecule has 3 aromatic rings. The second-order valence-electron chi connectivity index (χ2n) is 6.34. The van der Waals surface area contributed by atoms with Crippen molar-refractivity contribution in [2.24, 2.45) is 5.92 Å². The third kappa shape index (κ3) is 2.30. The van der Waals surface area contributed by atoms with E-state index in [1.54, 1.807) is 12.4 Å². The Balaban J connectivity index is 1.88. The largest absolute Gasteiger partial charge is 0.350 e. The molecule has 0 saturated heterocycles. The number of fused-ring (bicyclic) bond motifs is 1. The van der Waals surface area contributed by atoms with Crippen LogP contribution < -0.4 is 11.2 Å². The Kier molecular flexibility index (Phi) is 3.01. The van der Waals surface area contributed by atoms with E-state index < -0.39 is 0 Å². The van der Waals surface area contributed by atoms with Crippen LogP contribution in [0.2, 0.25) is 0 Å². The van der Waals surface area contributed by atoms with Crippen LogP contribution in [-0.2, 0) is 6.54 Å². The van der Waals surface area contributed by atoms with Gasteiger partial charge in [-0.05, 0) is 55.9 Å². The summed E-state index contributed by atoms with van der Waals surface area (Å²) < 4.78 is 4.29. The molecule has 1 aliphatic rings. The van der Waals surface area contributed by atoms with Gasteiger partial charge in [-0.25, -0.2) is 13.9 Å². The summed E-state index contributed by atoms with van der Waals surface area (Å²) in [5.41, 5.74) is 2.73. The van der Waals surface area contributed by atoms with Crippen molar-refractivity contribution in [3.8, 4) is 5.69 Å². The van der Waals surface area contributed by atoms with Gasteiger partial charge in [0.1, 0.15) is 0 Å². The molecule has 4 rings (SSSR count).